The van der Waals surface area contributed by atoms with E-state index in [4.69, 9.17) is 4.42 Å². The number of aryl methyl sites for hydroxylation is 1. The van der Waals surface area contributed by atoms with Crippen LogP contribution in [0.4, 0.5) is 0 Å². The van der Waals surface area contributed by atoms with Crippen molar-refractivity contribution < 1.29 is 17.6 Å². The van der Waals surface area contributed by atoms with Gasteiger partial charge < -0.3 is 8.98 Å². The number of carbonyl (C=O) groups excluding carboxylic acids is 1. The van der Waals surface area contributed by atoms with E-state index >= 15 is 0 Å². The molecule has 0 atom stereocenters. The van der Waals surface area contributed by atoms with Crippen molar-refractivity contribution in [2.24, 2.45) is 7.05 Å². The van der Waals surface area contributed by atoms with Gasteiger partial charge in [0, 0.05) is 7.05 Å². The number of nitrogens with one attached hydrogen (secondary N) is 1. The lowest BCUT2D eigenvalue weighted by Crippen LogP contribution is -2.30. The molecule has 0 saturated carbocycles. The summed E-state index contributed by atoms with van der Waals surface area (Å²) in [6, 6.07) is 4.18. The number of benzene rings is 1. The van der Waals surface area contributed by atoms with Crippen LogP contribution in [-0.4, -0.2) is 23.9 Å². The molecular weight excluding hydrogens is 330 g/mol. The molecule has 114 valence electrons. The first-order valence-electron chi connectivity index (χ1n) is 5.94. The van der Waals surface area contributed by atoms with Crippen LogP contribution in [0.1, 0.15) is 10.6 Å². The van der Waals surface area contributed by atoms with Crippen LogP contribution in [0.2, 0.25) is 0 Å². The van der Waals surface area contributed by atoms with Crippen LogP contribution in [-0.2, 0) is 17.1 Å². The van der Waals surface area contributed by atoms with Gasteiger partial charge in [0.15, 0.2) is 6.39 Å². The minimum Gasteiger partial charge on any atom is -0.438 e. The number of oxazole rings is 1. The van der Waals surface area contributed by atoms with Crippen molar-refractivity contribution in [1.82, 2.24) is 14.3 Å². The maximum absolute atomic E-state index is 12.2. The third-order valence-corrected chi connectivity index (χ3v) is 5.28. The summed E-state index contributed by atoms with van der Waals surface area (Å²) in [6.07, 6.45) is 2.13. The second-order valence-corrected chi connectivity index (χ2v) is 7.03. The molecule has 0 saturated heterocycles. The highest BCUT2D eigenvalue weighted by molar-refractivity contribution is 7.90. The van der Waals surface area contributed by atoms with E-state index in [1.165, 1.54) is 22.8 Å². The Bertz CT molecular complexity index is 1010. The summed E-state index contributed by atoms with van der Waals surface area (Å²) in [5.41, 5.74) is 0.621. The first-order valence-corrected chi connectivity index (χ1v) is 8.24. The molecule has 2 heterocycles. The SMILES string of the molecule is Cn1c(=O)sc2cc(S(=O)(=O)NC(=O)c3cnco3)ccc21. The Labute approximate surface area is 128 Å². The summed E-state index contributed by atoms with van der Waals surface area (Å²) in [5.74, 6) is -1.13. The van der Waals surface area contributed by atoms with Gasteiger partial charge in [0.05, 0.1) is 21.3 Å². The summed E-state index contributed by atoms with van der Waals surface area (Å²) >= 11 is 0.927. The summed E-state index contributed by atoms with van der Waals surface area (Å²) in [6.45, 7) is 0. The van der Waals surface area contributed by atoms with Crippen LogP contribution in [0.25, 0.3) is 10.2 Å². The van der Waals surface area contributed by atoms with Crippen molar-refractivity contribution in [3.05, 3.63) is 46.2 Å². The number of rotatable bonds is 3. The molecule has 0 aliphatic rings. The van der Waals surface area contributed by atoms with Crippen molar-refractivity contribution in [1.29, 1.82) is 0 Å². The van der Waals surface area contributed by atoms with E-state index in [0.29, 0.717) is 10.2 Å². The average molecular weight is 339 g/mol. The van der Waals surface area contributed by atoms with E-state index in [0.717, 1.165) is 23.9 Å². The molecule has 22 heavy (non-hydrogen) atoms. The maximum atomic E-state index is 12.2. The first kappa shape index (κ1) is 14.5. The molecule has 8 nitrogen and oxygen atoms in total. The molecule has 3 rings (SSSR count). The summed E-state index contributed by atoms with van der Waals surface area (Å²) < 4.78 is 33.0. The molecule has 0 aliphatic carbocycles. The Kier molecular flexibility index (Phi) is 3.34. The average Bonchev–Trinajstić information content (AvgIpc) is 3.08. The summed E-state index contributed by atoms with van der Waals surface area (Å²) in [7, 11) is -2.47. The zero-order valence-electron chi connectivity index (χ0n) is 11.1. The number of hydrogen-bond acceptors (Lipinski definition) is 7. The Morgan fingerprint density at radius 2 is 2.18 bits per heavy atom. The monoisotopic (exact) mass is 339 g/mol. The van der Waals surface area contributed by atoms with Crippen LogP contribution < -0.4 is 9.60 Å². The zero-order valence-corrected chi connectivity index (χ0v) is 12.8. The number of fused-ring (bicyclic) bond motifs is 1. The van der Waals surface area contributed by atoms with Gasteiger partial charge in [0.25, 0.3) is 10.0 Å². The molecule has 0 fully saturated rings. The standard InChI is InChI=1S/C12H9N3O5S2/c1-15-8-3-2-7(4-10(8)21-12(15)17)22(18,19)14-11(16)9-5-13-6-20-9/h2-6H,1H3,(H,14,16). The van der Waals surface area contributed by atoms with E-state index in [1.54, 1.807) is 7.05 Å². The van der Waals surface area contributed by atoms with Crippen molar-refractivity contribution in [3.8, 4) is 0 Å². The molecule has 0 aliphatic heterocycles. The molecule has 1 aromatic carbocycles. The fourth-order valence-electron chi connectivity index (χ4n) is 1.84. The molecule has 0 unspecified atom stereocenters. The predicted octanol–water partition coefficient (Wildman–Crippen LogP) is 0.707. The van der Waals surface area contributed by atoms with Gasteiger partial charge in [-0.05, 0) is 18.2 Å². The molecule has 0 bridgehead atoms. The van der Waals surface area contributed by atoms with Gasteiger partial charge in [0.1, 0.15) is 0 Å². The molecule has 1 amide bonds. The number of amides is 1. The highest BCUT2D eigenvalue weighted by Gasteiger charge is 2.21. The largest absolute Gasteiger partial charge is 0.438 e. The molecular formula is C12H9N3O5S2. The molecule has 0 radical (unpaired) electrons. The van der Waals surface area contributed by atoms with Gasteiger partial charge in [0.2, 0.25) is 5.76 Å². The second kappa shape index (κ2) is 5.07. The molecule has 0 spiro atoms. The first-order chi connectivity index (χ1) is 10.4. The number of hydrogen-bond donors (Lipinski definition) is 1. The van der Waals surface area contributed by atoms with E-state index in [-0.39, 0.29) is 15.5 Å². The van der Waals surface area contributed by atoms with Gasteiger partial charge in [-0.2, -0.15) is 0 Å². The Morgan fingerprint density at radius 3 is 2.86 bits per heavy atom. The Hall–Kier alpha value is -2.46. The smallest absolute Gasteiger partial charge is 0.307 e. The summed E-state index contributed by atoms with van der Waals surface area (Å²) in [4.78, 5) is 26.5. The lowest BCUT2D eigenvalue weighted by Gasteiger charge is -2.05. The van der Waals surface area contributed by atoms with E-state index in [2.05, 4.69) is 4.98 Å². The number of sulfonamides is 1. The number of carbonyl (C=O) groups is 1. The minimum atomic E-state index is -4.07. The number of thiazole rings is 1. The third-order valence-electron chi connectivity index (χ3n) is 2.96. The van der Waals surface area contributed by atoms with Crippen LogP contribution in [0.3, 0.4) is 0 Å². The van der Waals surface area contributed by atoms with Crippen molar-refractivity contribution >= 4 is 37.5 Å². The van der Waals surface area contributed by atoms with Crippen LogP contribution in [0.15, 0.2) is 44.9 Å². The number of aromatic nitrogens is 2. The van der Waals surface area contributed by atoms with Gasteiger partial charge in [-0.3, -0.25) is 9.59 Å². The maximum Gasteiger partial charge on any atom is 0.307 e. The normalized spacial score (nSPS) is 11.7. The third kappa shape index (κ3) is 2.42. The highest BCUT2D eigenvalue weighted by atomic mass is 32.2. The number of nitrogens with zero attached hydrogens (tertiary/aromatic N) is 2. The van der Waals surface area contributed by atoms with E-state index < -0.39 is 15.9 Å². The quantitative estimate of drug-likeness (QED) is 0.752. The second-order valence-electron chi connectivity index (χ2n) is 4.36. The lowest BCUT2D eigenvalue weighted by molar-refractivity contribution is 0.0954. The van der Waals surface area contributed by atoms with Gasteiger partial charge in [-0.25, -0.2) is 18.1 Å². The van der Waals surface area contributed by atoms with Gasteiger partial charge >= 0.3 is 10.8 Å². The van der Waals surface area contributed by atoms with E-state index in [9.17, 15) is 18.0 Å². The van der Waals surface area contributed by atoms with Crippen LogP contribution >= 0.6 is 11.3 Å². The molecule has 1 N–H and O–H groups in total. The molecule has 3 aromatic rings. The Morgan fingerprint density at radius 1 is 1.41 bits per heavy atom. The van der Waals surface area contributed by atoms with E-state index in [1.807, 2.05) is 4.72 Å². The van der Waals surface area contributed by atoms with Crippen LogP contribution in [0.5, 0.6) is 0 Å². The summed E-state index contributed by atoms with van der Waals surface area (Å²) in [5, 5.41) is 0. The van der Waals surface area contributed by atoms with Crippen molar-refractivity contribution in [2.75, 3.05) is 0 Å². The predicted molar refractivity (Wildman–Crippen MR) is 78.2 cm³/mol. The zero-order chi connectivity index (χ0) is 15.9. The van der Waals surface area contributed by atoms with Crippen molar-refractivity contribution in [2.45, 2.75) is 4.90 Å². The topological polar surface area (TPSA) is 111 Å². The Balaban J connectivity index is 1.98. The van der Waals surface area contributed by atoms with Gasteiger partial charge in [-0.1, -0.05) is 11.3 Å². The van der Waals surface area contributed by atoms with Crippen LogP contribution in [0, 0.1) is 0 Å². The fourth-order valence-corrected chi connectivity index (χ4v) is 3.82. The minimum absolute atomic E-state index is 0.116. The lowest BCUT2D eigenvalue weighted by atomic mass is 10.3. The fraction of sp³-hybridized carbons (Fsp3) is 0.0833. The molecule has 2 aromatic heterocycles. The van der Waals surface area contributed by atoms with Crippen molar-refractivity contribution in [3.63, 3.8) is 0 Å². The van der Waals surface area contributed by atoms with Gasteiger partial charge in [-0.15, -0.1) is 0 Å². The molecule has 10 heteroatoms. The highest BCUT2D eigenvalue weighted by Crippen LogP contribution is 2.21.